The number of carbonyl (C=O) groups excluding carboxylic acids is 5. The van der Waals surface area contributed by atoms with Gasteiger partial charge >= 0.3 is 12.0 Å². The first-order chi connectivity index (χ1) is 20.0. The molecule has 1 aromatic carbocycles. The van der Waals surface area contributed by atoms with Crippen molar-refractivity contribution in [1.29, 1.82) is 0 Å². The second kappa shape index (κ2) is 12.0. The van der Waals surface area contributed by atoms with E-state index in [-0.39, 0.29) is 29.7 Å². The number of ketones is 1. The van der Waals surface area contributed by atoms with Gasteiger partial charge in [-0.25, -0.2) is 9.59 Å². The number of fused-ring (bicyclic) bond motifs is 1. The number of carbonyl (C=O) groups is 6. The quantitative estimate of drug-likeness (QED) is 0.240. The van der Waals surface area contributed by atoms with E-state index in [1.54, 1.807) is 51.1 Å². The van der Waals surface area contributed by atoms with Crippen LogP contribution in [0.1, 0.15) is 71.9 Å². The number of hydrogen-bond acceptors (Lipinski definition) is 6. The molecule has 12 nitrogen and oxygen atoms in total. The van der Waals surface area contributed by atoms with Gasteiger partial charge in [-0.3, -0.25) is 19.2 Å². The summed E-state index contributed by atoms with van der Waals surface area (Å²) in [5.41, 5.74) is 4.63. The zero-order valence-electron chi connectivity index (χ0n) is 25.4. The van der Waals surface area contributed by atoms with Gasteiger partial charge in [0.1, 0.15) is 12.1 Å². The fourth-order valence-electron chi connectivity index (χ4n) is 6.59. The third-order valence-corrected chi connectivity index (χ3v) is 9.47. The molecule has 3 aliphatic rings. The fraction of sp³-hybridized carbons (Fsp3) is 0.613. The van der Waals surface area contributed by atoms with Crippen LogP contribution < -0.4 is 21.7 Å². The molecule has 3 fully saturated rings. The van der Waals surface area contributed by atoms with Crippen molar-refractivity contribution in [2.24, 2.45) is 34.3 Å². The van der Waals surface area contributed by atoms with Crippen molar-refractivity contribution in [1.82, 2.24) is 20.9 Å². The lowest BCUT2D eigenvalue weighted by Gasteiger charge is -2.38. The number of rotatable bonds is 11. The third-order valence-electron chi connectivity index (χ3n) is 9.47. The molecule has 2 aliphatic carbocycles. The number of nitrogens with zero attached hydrogens (tertiary/aromatic N) is 1. The van der Waals surface area contributed by atoms with Crippen LogP contribution in [-0.2, 0) is 24.0 Å². The first kappa shape index (κ1) is 32.0. The number of likely N-dealkylation sites (tertiary alicyclic amines) is 1. The first-order valence-electron chi connectivity index (χ1n) is 14.8. The Hall–Kier alpha value is -3.96. The molecule has 6 N–H and O–H groups in total. The lowest BCUT2D eigenvalue weighted by Crippen LogP contribution is -2.61. The standard InChI is InChI=1S/C31H43N5O7/c1-30(2,3)24(35-29(43)34-21(28(41)42)17-12-7-6-8-13-17)27(40)36-15-18-20(31(18,4)5)22(36)26(39)33-19(23(37)25(32)38)14-16-10-9-11-16/h6-8,12-13,16,18-22,24H,9-11,14-15H2,1-5H3,(H2,32,38)(H,33,39)(H,41,42)(H2,34,35,43)/t18-,19?,20-,21+,22-,24+/m0/s1. The van der Waals surface area contributed by atoms with Gasteiger partial charge in [0.05, 0.1) is 6.04 Å². The van der Waals surface area contributed by atoms with Gasteiger partial charge in [-0.2, -0.15) is 0 Å². The van der Waals surface area contributed by atoms with Crippen molar-refractivity contribution in [3.63, 3.8) is 0 Å². The highest BCUT2D eigenvalue weighted by molar-refractivity contribution is 6.37. The maximum Gasteiger partial charge on any atom is 0.330 e. The average Bonchev–Trinajstić information content (AvgIpc) is 3.22. The number of amides is 5. The molecule has 4 rings (SSSR count). The van der Waals surface area contributed by atoms with Crippen molar-refractivity contribution in [3.05, 3.63) is 35.9 Å². The number of urea groups is 1. The third kappa shape index (κ3) is 6.67. The van der Waals surface area contributed by atoms with E-state index < -0.39 is 65.1 Å². The Balaban J connectivity index is 1.54. The largest absolute Gasteiger partial charge is 0.479 e. The average molecular weight is 598 g/mol. The topological polar surface area (TPSA) is 188 Å². The first-order valence-corrected chi connectivity index (χ1v) is 14.8. The molecule has 234 valence electrons. The van der Waals surface area contributed by atoms with E-state index in [1.165, 1.54) is 4.90 Å². The molecule has 0 aromatic heterocycles. The summed E-state index contributed by atoms with van der Waals surface area (Å²) in [6.45, 7) is 9.61. The van der Waals surface area contributed by atoms with Crippen molar-refractivity contribution < 1.29 is 33.9 Å². The van der Waals surface area contributed by atoms with Gasteiger partial charge in [0.25, 0.3) is 5.91 Å². The molecule has 5 amide bonds. The van der Waals surface area contributed by atoms with E-state index in [0.29, 0.717) is 12.0 Å². The molecule has 1 aromatic rings. The van der Waals surface area contributed by atoms with Crippen molar-refractivity contribution >= 4 is 35.5 Å². The van der Waals surface area contributed by atoms with E-state index in [4.69, 9.17) is 5.73 Å². The lowest BCUT2D eigenvalue weighted by atomic mass is 9.80. The minimum absolute atomic E-state index is 0.0352. The van der Waals surface area contributed by atoms with Crippen LogP contribution in [-0.4, -0.2) is 70.2 Å². The Labute approximate surface area is 251 Å². The van der Waals surface area contributed by atoms with Crippen molar-refractivity contribution in [2.75, 3.05) is 6.54 Å². The number of carboxylic acids is 1. The minimum Gasteiger partial charge on any atom is -0.479 e. The monoisotopic (exact) mass is 597 g/mol. The molecular formula is C31H43N5O7. The molecular weight excluding hydrogens is 554 g/mol. The SMILES string of the molecule is CC(C)(C)[C@H](NC(=O)N[C@@H](C(=O)O)c1ccccc1)C(=O)N1C[C@H]2[C@@H]([C@H]1C(=O)NC(CC1CCC1)C(=O)C(N)=O)C2(C)C. The number of aliphatic carboxylic acids is 1. The molecule has 6 atom stereocenters. The maximum absolute atomic E-state index is 14.1. The molecule has 12 heteroatoms. The molecule has 0 bridgehead atoms. The van der Waals surface area contributed by atoms with Crippen LogP contribution in [0.15, 0.2) is 30.3 Å². The van der Waals surface area contributed by atoms with E-state index in [9.17, 15) is 33.9 Å². The van der Waals surface area contributed by atoms with Gasteiger partial charge in [0, 0.05) is 6.54 Å². The summed E-state index contributed by atoms with van der Waals surface area (Å²) in [7, 11) is 0. The molecule has 43 heavy (non-hydrogen) atoms. The molecule has 1 saturated heterocycles. The van der Waals surface area contributed by atoms with E-state index in [0.717, 1.165) is 19.3 Å². The maximum atomic E-state index is 14.1. The molecule has 1 aliphatic heterocycles. The number of primary amides is 1. The van der Waals surface area contributed by atoms with E-state index in [1.807, 2.05) is 13.8 Å². The van der Waals surface area contributed by atoms with Crippen LogP contribution in [0.25, 0.3) is 0 Å². The highest BCUT2D eigenvalue weighted by Gasteiger charge is 2.70. The predicted molar refractivity (Wildman–Crippen MR) is 156 cm³/mol. The summed E-state index contributed by atoms with van der Waals surface area (Å²) < 4.78 is 0. The second-order valence-corrected chi connectivity index (χ2v) is 13.8. The van der Waals surface area contributed by atoms with Crippen LogP contribution in [0.3, 0.4) is 0 Å². The minimum atomic E-state index is -1.34. The summed E-state index contributed by atoms with van der Waals surface area (Å²) in [6, 6.07) is 2.92. The Morgan fingerprint density at radius 2 is 1.65 bits per heavy atom. The van der Waals surface area contributed by atoms with Gasteiger partial charge in [-0.1, -0.05) is 84.2 Å². The number of nitrogens with one attached hydrogen (secondary N) is 3. The number of piperidine rings is 1. The number of benzene rings is 1. The predicted octanol–water partition coefficient (Wildman–Crippen LogP) is 1.74. The molecule has 1 unspecified atom stereocenters. The number of carboxylic acid groups (broad SMARTS) is 1. The summed E-state index contributed by atoms with van der Waals surface area (Å²) in [5.74, 6) is -4.20. The summed E-state index contributed by atoms with van der Waals surface area (Å²) in [6.07, 6.45) is 3.13. The van der Waals surface area contributed by atoms with Gasteiger partial charge in [0.15, 0.2) is 6.04 Å². The Kier molecular flexibility index (Phi) is 8.90. The molecule has 1 heterocycles. The second-order valence-electron chi connectivity index (χ2n) is 13.8. The summed E-state index contributed by atoms with van der Waals surface area (Å²) in [5, 5.41) is 17.6. The van der Waals surface area contributed by atoms with Gasteiger partial charge in [-0.05, 0) is 40.6 Å². The lowest BCUT2D eigenvalue weighted by molar-refractivity contribution is -0.145. The van der Waals surface area contributed by atoms with Crippen molar-refractivity contribution in [3.8, 4) is 0 Å². The van der Waals surface area contributed by atoms with Crippen LogP contribution in [0.4, 0.5) is 4.79 Å². The number of Topliss-reactive ketones (excluding diaryl/α,β-unsaturated/α-hetero) is 1. The highest BCUT2D eigenvalue weighted by Crippen LogP contribution is 2.65. The fourth-order valence-corrected chi connectivity index (χ4v) is 6.59. The molecule has 2 saturated carbocycles. The zero-order chi connectivity index (χ0) is 31.9. The summed E-state index contributed by atoms with van der Waals surface area (Å²) >= 11 is 0. The number of nitrogens with two attached hydrogens (primary N) is 1. The molecule has 0 spiro atoms. The van der Waals surface area contributed by atoms with Gasteiger partial charge in [-0.15, -0.1) is 0 Å². The van der Waals surface area contributed by atoms with Crippen LogP contribution >= 0.6 is 0 Å². The van der Waals surface area contributed by atoms with Gasteiger partial charge < -0.3 is 31.7 Å². The van der Waals surface area contributed by atoms with E-state index >= 15 is 0 Å². The Bertz CT molecular complexity index is 1290. The zero-order valence-corrected chi connectivity index (χ0v) is 25.4. The van der Waals surface area contributed by atoms with E-state index in [2.05, 4.69) is 16.0 Å². The van der Waals surface area contributed by atoms with Crippen molar-refractivity contribution in [2.45, 2.75) is 84.5 Å². The molecule has 0 radical (unpaired) electrons. The van der Waals surface area contributed by atoms with Crippen LogP contribution in [0, 0.1) is 28.6 Å². The summed E-state index contributed by atoms with van der Waals surface area (Å²) in [4.78, 5) is 78.8. The Morgan fingerprint density at radius 1 is 1.02 bits per heavy atom. The Morgan fingerprint density at radius 3 is 2.16 bits per heavy atom. The smallest absolute Gasteiger partial charge is 0.330 e. The highest BCUT2D eigenvalue weighted by atomic mass is 16.4. The van der Waals surface area contributed by atoms with Crippen LogP contribution in [0.5, 0.6) is 0 Å². The van der Waals surface area contributed by atoms with Gasteiger partial charge in [0.2, 0.25) is 17.6 Å². The van der Waals surface area contributed by atoms with Crippen LogP contribution in [0.2, 0.25) is 0 Å². The number of hydrogen-bond donors (Lipinski definition) is 5. The normalized spacial score (nSPS) is 24.4.